The fraction of sp³-hybridized carbons (Fsp3) is 0.750. The lowest BCUT2D eigenvalue weighted by molar-refractivity contribution is 1.78. The van der Waals surface area contributed by atoms with E-state index in [9.17, 15) is 0 Å². The Kier molecular flexibility index (Phi) is 2.10. The topological polar surface area (TPSA) is 0 Å². The van der Waals surface area contributed by atoms with Crippen molar-refractivity contribution in [3.8, 4) is 0 Å². The van der Waals surface area contributed by atoms with Gasteiger partial charge in [0.15, 0.2) is 0 Å². The molecule has 4 bridgehead atoms. The van der Waals surface area contributed by atoms with Crippen LogP contribution >= 0.6 is 70.6 Å². The first-order chi connectivity index (χ1) is 4.90. The van der Waals surface area contributed by atoms with Crippen LogP contribution in [0.2, 0.25) is 0 Å². The maximum Gasteiger partial charge on any atom is 0.146 e. The molecule has 0 aromatic heterocycles. The van der Waals surface area contributed by atoms with E-state index < -0.39 is 0 Å². The molecule has 0 N–H and O–H groups in total. The van der Waals surface area contributed by atoms with Gasteiger partial charge in [-0.15, -0.1) is 70.6 Å². The Balaban J connectivity index is 1.90. The minimum atomic E-state index is 0.828. The molecule has 0 spiro atoms. The third-order valence-electron chi connectivity index (χ3n) is 1.24. The van der Waals surface area contributed by atoms with E-state index in [0.717, 1.165) is 11.7 Å². The second kappa shape index (κ2) is 2.80. The van der Waals surface area contributed by atoms with Gasteiger partial charge in [0.2, 0.25) is 0 Å². The molecule has 4 fully saturated rings. The molecule has 1 radical (unpaired) electrons. The molecule has 0 nitrogen and oxygen atoms in total. The lowest BCUT2D eigenvalue weighted by atomic mass is 11.7. The normalized spacial score (nSPS) is 52.2. The van der Waals surface area contributed by atoms with Gasteiger partial charge in [-0.1, -0.05) is 0 Å². The van der Waals surface area contributed by atoms with Crippen LogP contribution in [-0.2, 0) is 0 Å². The molecular formula is C4H3S6. The Labute approximate surface area is 85.6 Å². The van der Waals surface area contributed by atoms with Crippen molar-refractivity contribution in [3.63, 3.8) is 0 Å². The maximum absolute atomic E-state index is 2.12. The van der Waals surface area contributed by atoms with E-state index >= 15 is 0 Å². The smallest absolute Gasteiger partial charge is 0.111 e. The number of thioether (sulfide) groups is 6. The second-order valence-corrected chi connectivity index (χ2v) is 12.3. The van der Waals surface area contributed by atoms with Crippen molar-refractivity contribution >= 4 is 70.6 Å². The zero-order chi connectivity index (χ0) is 6.55. The molecule has 0 saturated carbocycles. The standard InChI is InChI=1S/C4H3S6/c5-1-6-3-8-2(5)9-4(7-1)10-3/h1-3H. The third kappa shape index (κ3) is 1.23. The molecule has 4 heterocycles. The van der Waals surface area contributed by atoms with E-state index in [1.807, 2.05) is 0 Å². The fourth-order valence-corrected chi connectivity index (χ4v) is 16.8. The van der Waals surface area contributed by atoms with Crippen LogP contribution in [0.1, 0.15) is 0 Å². The summed E-state index contributed by atoms with van der Waals surface area (Å²) in [6, 6.07) is 0. The fourth-order valence-electron chi connectivity index (χ4n) is 0.854. The second-order valence-electron chi connectivity index (χ2n) is 1.88. The Bertz CT molecular complexity index is 101. The predicted octanol–water partition coefficient (Wildman–Crippen LogP) is 3.72. The molecular weight excluding hydrogens is 240 g/mol. The molecule has 4 aliphatic rings. The van der Waals surface area contributed by atoms with Crippen molar-refractivity contribution < 1.29 is 0 Å². The average molecular weight is 243 g/mol. The predicted molar refractivity (Wildman–Crippen MR) is 60.2 cm³/mol. The van der Waals surface area contributed by atoms with Gasteiger partial charge >= 0.3 is 0 Å². The van der Waals surface area contributed by atoms with Crippen LogP contribution in [0.3, 0.4) is 0 Å². The van der Waals surface area contributed by atoms with E-state index in [1.165, 1.54) is 0 Å². The monoisotopic (exact) mass is 243 g/mol. The van der Waals surface area contributed by atoms with Crippen LogP contribution in [0.25, 0.3) is 0 Å². The summed E-state index contributed by atoms with van der Waals surface area (Å²) in [5, 5.41) is 0. The Hall–Kier alpha value is 2.10. The van der Waals surface area contributed by atoms with Crippen LogP contribution in [0, 0.1) is 3.91 Å². The Morgan fingerprint density at radius 2 is 1.10 bits per heavy atom. The average Bonchev–Trinajstić information content (AvgIpc) is 1.82. The van der Waals surface area contributed by atoms with Gasteiger partial charge in [-0.2, -0.15) is 0 Å². The van der Waals surface area contributed by atoms with E-state index in [0.29, 0.717) is 0 Å². The molecule has 0 aliphatic carbocycles. The summed E-state index contributed by atoms with van der Waals surface area (Å²) in [4.78, 5) is 0. The molecule has 55 valence electrons. The summed E-state index contributed by atoms with van der Waals surface area (Å²) in [5.74, 6) is 0. The van der Waals surface area contributed by atoms with E-state index in [4.69, 9.17) is 0 Å². The minimum Gasteiger partial charge on any atom is -0.111 e. The SMILES string of the molecule is S1[C]2SC3SC1SC(S2)S3. The minimum absolute atomic E-state index is 0.828. The van der Waals surface area contributed by atoms with Crippen molar-refractivity contribution in [1.29, 1.82) is 0 Å². The first kappa shape index (κ1) is 7.50. The highest BCUT2D eigenvalue weighted by Gasteiger charge is 2.46. The van der Waals surface area contributed by atoms with Gasteiger partial charge in [-0.25, -0.2) is 0 Å². The maximum atomic E-state index is 2.12. The zero-order valence-electron chi connectivity index (χ0n) is 4.68. The highest BCUT2D eigenvalue weighted by atomic mass is 32.4. The molecule has 4 rings (SSSR count). The van der Waals surface area contributed by atoms with Gasteiger partial charge in [0.1, 0.15) is 15.7 Å². The van der Waals surface area contributed by atoms with Crippen molar-refractivity contribution in [3.05, 3.63) is 3.91 Å². The first-order valence-electron chi connectivity index (χ1n) is 2.73. The summed E-state index contributed by atoms with van der Waals surface area (Å²) < 4.78 is 4.10. The van der Waals surface area contributed by atoms with Gasteiger partial charge in [-0.3, -0.25) is 0 Å². The summed E-state index contributed by atoms with van der Waals surface area (Å²) in [6.07, 6.45) is 0. The highest BCUT2D eigenvalue weighted by molar-refractivity contribution is 8.64. The van der Waals surface area contributed by atoms with Crippen LogP contribution in [0.15, 0.2) is 0 Å². The van der Waals surface area contributed by atoms with Gasteiger partial charge in [0.25, 0.3) is 0 Å². The number of hydrogen-bond donors (Lipinski definition) is 0. The van der Waals surface area contributed by atoms with Crippen LogP contribution in [-0.4, -0.2) is 11.7 Å². The molecule has 0 atom stereocenters. The first-order valence-corrected chi connectivity index (χ1v) is 8.20. The number of rotatable bonds is 0. The highest BCUT2D eigenvalue weighted by Crippen LogP contribution is 2.75. The van der Waals surface area contributed by atoms with Crippen LogP contribution in [0.4, 0.5) is 0 Å². The van der Waals surface area contributed by atoms with E-state index in [1.54, 1.807) is 3.91 Å². The van der Waals surface area contributed by atoms with Crippen molar-refractivity contribution in [1.82, 2.24) is 0 Å². The Morgan fingerprint density at radius 1 is 0.700 bits per heavy atom. The van der Waals surface area contributed by atoms with Crippen LogP contribution in [0.5, 0.6) is 0 Å². The van der Waals surface area contributed by atoms with Crippen molar-refractivity contribution in [2.75, 3.05) is 0 Å². The Morgan fingerprint density at radius 3 is 1.40 bits per heavy atom. The van der Waals surface area contributed by atoms with Crippen LogP contribution < -0.4 is 0 Å². The summed E-state index contributed by atoms with van der Waals surface area (Å²) in [6.45, 7) is 0. The largest absolute Gasteiger partial charge is 0.146 e. The molecule has 0 aromatic rings. The molecule has 0 unspecified atom stereocenters. The number of hydrogen-bond acceptors (Lipinski definition) is 6. The zero-order valence-corrected chi connectivity index (χ0v) is 9.58. The van der Waals surface area contributed by atoms with Gasteiger partial charge < -0.3 is 0 Å². The summed E-state index contributed by atoms with van der Waals surface area (Å²) in [7, 11) is 0. The molecule has 0 amide bonds. The molecule has 0 aromatic carbocycles. The quantitative estimate of drug-likeness (QED) is 0.631. The summed E-state index contributed by atoms with van der Waals surface area (Å²) >= 11 is 12.6. The van der Waals surface area contributed by atoms with Gasteiger partial charge in [0.05, 0.1) is 0 Å². The molecule has 6 heteroatoms. The lowest BCUT2D eigenvalue weighted by Gasteiger charge is -2.45. The van der Waals surface area contributed by atoms with Crippen molar-refractivity contribution in [2.24, 2.45) is 0 Å². The van der Waals surface area contributed by atoms with Crippen molar-refractivity contribution in [2.45, 2.75) is 11.7 Å². The van der Waals surface area contributed by atoms with E-state index in [-0.39, 0.29) is 0 Å². The molecule has 10 heavy (non-hydrogen) atoms. The molecule has 4 saturated heterocycles. The van der Waals surface area contributed by atoms with E-state index in [2.05, 4.69) is 70.6 Å². The van der Waals surface area contributed by atoms with Gasteiger partial charge in [-0.05, 0) is 0 Å². The van der Waals surface area contributed by atoms with Gasteiger partial charge in [0, 0.05) is 0 Å². The molecule has 4 aliphatic heterocycles. The summed E-state index contributed by atoms with van der Waals surface area (Å²) in [5.41, 5.74) is 0. The third-order valence-corrected chi connectivity index (χ3v) is 11.2. The lowest BCUT2D eigenvalue weighted by Crippen LogP contribution is -2.23.